The normalized spacial score (nSPS) is 13.6. The number of carbonyl (C=O) groups excluding carboxylic acids is 1. The predicted octanol–water partition coefficient (Wildman–Crippen LogP) is 6.53. The van der Waals surface area contributed by atoms with Crippen LogP contribution >= 0.6 is 0 Å². The zero-order valence-electron chi connectivity index (χ0n) is 17.4. The van der Waals surface area contributed by atoms with E-state index in [9.17, 15) is 4.79 Å². The van der Waals surface area contributed by atoms with Gasteiger partial charge in [-0.3, -0.25) is 4.79 Å². The van der Waals surface area contributed by atoms with Crippen molar-refractivity contribution >= 4 is 5.97 Å². The van der Waals surface area contributed by atoms with Gasteiger partial charge in [0, 0.05) is 12.5 Å². The van der Waals surface area contributed by atoms with Gasteiger partial charge >= 0.3 is 5.97 Å². The molecule has 0 rings (SSSR count). The Bertz CT molecular complexity index is 292. The van der Waals surface area contributed by atoms with Crippen molar-refractivity contribution < 1.29 is 9.53 Å². The highest BCUT2D eigenvalue weighted by atomic mass is 16.5. The lowest BCUT2D eigenvalue weighted by Crippen LogP contribution is -2.35. The minimum Gasteiger partial charge on any atom is -0.461 e. The summed E-state index contributed by atoms with van der Waals surface area (Å²) in [5, 5.41) is 0. The summed E-state index contributed by atoms with van der Waals surface area (Å²) in [6.07, 6.45) is 18.9. The van der Waals surface area contributed by atoms with Crippen molar-refractivity contribution in [1.29, 1.82) is 0 Å². The monoisotopic (exact) mass is 355 g/mol. The number of rotatable bonds is 18. The van der Waals surface area contributed by atoms with E-state index in [2.05, 4.69) is 13.8 Å². The lowest BCUT2D eigenvalue weighted by atomic mass is 10.0. The molecule has 25 heavy (non-hydrogen) atoms. The van der Waals surface area contributed by atoms with E-state index >= 15 is 0 Å². The highest BCUT2D eigenvalue weighted by Gasteiger charge is 2.18. The van der Waals surface area contributed by atoms with Gasteiger partial charge in [-0.1, -0.05) is 90.9 Å². The molecule has 0 aliphatic rings. The second kappa shape index (κ2) is 18.2. The van der Waals surface area contributed by atoms with Crippen molar-refractivity contribution in [2.75, 3.05) is 0 Å². The Hall–Kier alpha value is -0.570. The van der Waals surface area contributed by atoms with Crippen molar-refractivity contribution in [2.45, 2.75) is 136 Å². The molecular formula is C22H45NO2. The summed E-state index contributed by atoms with van der Waals surface area (Å²) in [5.41, 5.74) is 6.01. The molecule has 0 aliphatic heterocycles. The molecule has 0 bridgehead atoms. The summed E-state index contributed by atoms with van der Waals surface area (Å²) in [7, 11) is 0. The van der Waals surface area contributed by atoms with Crippen molar-refractivity contribution in [3.8, 4) is 0 Å². The molecular weight excluding hydrogens is 310 g/mol. The minimum atomic E-state index is -0.104. The van der Waals surface area contributed by atoms with Gasteiger partial charge in [-0.15, -0.1) is 0 Å². The predicted molar refractivity (Wildman–Crippen MR) is 109 cm³/mol. The Labute approximate surface area is 157 Å². The molecule has 0 amide bonds. The van der Waals surface area contributed by atoms with Gasteiger partial charge < -0.3 is 10.5 Å². The number of hydrogen-bond donors (Lipinski definition) is 1. The van der Waals surface area contributed by atoms with E-state index in [0.717, 1.165) is 25.7 Å². The molecule has 2 N–H and O–H groups in total. The van der Waals surface area contributed by atoms with Crippen LogP contribution in [0.4, 0.5) is 0 Å². The van der Waals surface area contributed by atoms with Crippen LogP contribution in [-0.4, -0.2) is 18.1 Å². The average molecular weight is 356 g/mol. The number of esters is 1. The van der Waals surface area contributed by atoms with Crippen LogP contribution in [0, 0.1) is 0 Å². The summed E-state index contributed by atoms with van der Waals surface area (Å²) in [6, 6.07) is -0.0712. The summed E-state index contributed by atoms with van der Waals surface area (Å²) >= 11 is 0. The van der Waals surface area contributed by atoms with Gasteiger partial charge in [-0.2, -0.15) is 0 Å². The summed E-state index contributed by atoms with van der Waals surface area (Å²) in [5.74, 6) is -0.0604. The molecule has 150 valence electrons. The first-order valence-electron chi connectivity index (χ1n) is 11.1. The quantitative estimate of drug-likeness (QED) is 0.225. The highest BCUT2D eigenvalue weighted by molar-refractivity contribution is 5.69. The standard InChI is InChI=1S/C22H45NO2/c1-4-6-8-10-11-12-13-15-16-18-21(20(3)23)25-22(24)19-17-14-9-7-5-2/h20-21H,4-19,23H2,1-3H3/t20-,21-/m1/s1. The van der Waals surface area contributed by atoms with E-state index in [1.54, 1.807) is 0 Å². The third kappa shape index (κ3) is 16.6. The van der Waals surface area contributed by atoms with E-state index in [1.807, 2.05) is 6.92 Å². The molecule has 0 saturated heterocycles. The maximum atomic E-state index is 12.0. The molecule has 0 saturated carbocycles. The summed E-state index contributed by atoms with van der Waals surface area (Å²) in [6.45, 7) is 6.41. The fourth-order valence-electron chi connectivity index (χ4n) is 3.19. The van der Waals surface area contributed by atoms with Gasteiger partial charge in [0.25, 0.3) is 0 Å². The number of ether oxygens (including phenoxy) is 1. The zero-order valence-corrected chi connectivity index (χ0v) is 17.4. The van der Waals surface area contributed by atoms with E-state index in [1.165, 1.54) is 70.6 Å². The Morgan fingerprint density at radius 3 is 1.68 bits per heavy atom. The number of hydrogen-bond acceptors (Lipinski definition) is 3. The van der Waals surface area contributed by atoms with Crippen LogP contribution < -0.4 is 5.73 Å². The third-order valence-corrected chi connectivity index (χ3v) is 4.95. The number of unbranched alkanes of at least 4 members (excludes halogenated alkanes) is 12. The molecule has 0 fully saturated rings. The van der Waals surface area contributed by atoms with Crippen molar-refractivity contribution in [3.05, 3.63) is 0 Å². The Balaban J connectivity index is 3.68. The zero-order chi connectivity index (χ0) is 18.8. The summed E-state index contributed by atoms with van der Waals surface area (Å²) < 4.78 is 5.63. The van der Waals surface area contributed by atoms with Gasteiger partial charge in [0.1, 0.15) is 6.10 Å². The van der Waals surface area contributed by atoms with Crippen LogP contribution in [-0.2, 0) is 9.53 Å². The van der Waals surface area contributed by atoms with Gasteiger partial charge in [-0.25, -0.2) is 0 Å². The second-order valence-electron chi connectivity index (χ2n) is 7.67. The molecule has 0 spiro atoms. The highest BCUT2D eigenvalue weighted by Crippen LogP contribution is 2.15. The fourth-order valence-corrected chi connectivity index (χ4v) is 3.19. The van der Waals surface area contributed by atoms with Crippen molar-refractivity contribution in [2.24, 2.45) is 5.73 Å². The third-order valence-electron chi connectivity index (χ3n) is 4.95. The first kappa shape index (κ1) is 24.4. The minimum absolute atomic E-state index is 0.0604. The Morgan fingerprint density at radius 2 is 1.20 bits per heavy atom. The fraction of sp³-hybridized carbons (Fsp3) is 0.955. The van der Waals surface area contributed by atoms with Crippen LogP contribution in [0.25, 0.3) is 0 Å². The van der Waals surface area contributed by atoms with Crippen LogP contribution in [0.2, 0.25) is 0 Å². The van der Waals surface area contributed by atoms with Crippen molar-refractivity contribution in [1.82, 2.24) is 0 Å². The van der Waals surface area contributed by atoms with Crippen LogP contribution in [0.1, 0.15) is 124 Å². The molecule has 0 heterocycles. The molecule has 0 unspecified atom stereocenters. The Morgan fingerprint density at radius 1 is 0.760 bits per heavy atom. The van der Waals surface area contributed by atoms with Crippen LogP contribution in [0.3, 0.4) is 0 Å². The van der Waals surface area contributed by atoms with Gasteiger partial charge in [0.15, 0.2) is 0 Å². The van der Waals surface area contributed by atoms with Gasteiger partial charge in [0.05, 0.1) is 0 Å². The first-order chi connectivity index (χ1) is 12.1. The molecule has 3 nitrogen and oxygen atoms in total. The second-order valence-corrected chi connectivity index (χ2v) is 7.67. The number of carbonyl (C=O) groups is 1. The topological polar surface area (TPSA) is 52.3 Å². The molecule has 0 radical (unpaired) electrons. The molecule has 0 aromatic heterocycles. The molecule has 0 aliphatic carbocycles. The molecule has 0 aromatic rings. The van der Waals surface area contributed by atoms with Crippen molar-refractivity contribution in [3.63, 3.8) is 0 Å². The van der Waals surface area contributed by atoms with Gasteiger partial charge in [-0.05, 0) is 26.2 Å². The van der Waals surface area contributed by atoms with E-state index in [4.69, 9.17) is 10.5 Å². The lowest BCUT2D eigenvalue weighted by molar-refractivity contribution is -0.150. The summed E-state index contributed by atoms with van der Waals surface area (Å²) in [4.78, 5) is 12.0. The van der Waals surface area contributed by atoms with E-state index in [-0.39, 0.29) is 18.1 Å². The average Bonchev–Trinajstić information content (AvgIpc) is 2.59. The smallest absolute Gasteiger partial charge is 0.306 e. The maximum Gasteiger partial charge on any atom is 0.306 e. The maximum absolute atomic E-state index is 12.0. The lowest BCUT2D eigenvalue weighted by Gasteiger charge is -2.21. The Kier molecular flexibility index (Phi) is 17.8. The SMILES string of the molecule is CCCCCCCCCCC[C@@H](OC(=O)CCCCCCC)[C@@H](C)N. The molecule has 0 aromatic carbocycles. The number of nitrogens with two attached hydrogens (primary N) is 1. The van der Waals surface area contributed by atoms with Crippen LogP contribution in [0.15, 0.2) is 0 Å². The molecule has 3 heteroatoms. The molecule has 2 atom stereocenters. The van der Waals surface area contributed by atoms with Crippen LogP contribution in [0.5, 0.6) is 0 Å². The van der Waals surface area contributed by atoms with E-state index < -0.39 is 0 Å². The van der Waals surface area contributed by atoms with Gasteiger partial charge in [0.2, 0.25) is 0 Å². The first-order valence-corrected chi connectivity index (χ1v) is 11.1. The van der Waals surface area contributed by atoms with E-state index in [0.29, 0.717) is 6.42 Å². The largest absolute Gasteiger partial charge is 0.461 e.